The van der Waals surface area contributed by atoms with Gasteiger partial charge in [0.15, 0.2) is 0 Å². The smallest absolute Gasteiger partial charge is 0.269 e. The van der Waals surface area contributed by atoms with E-state index in [4.69, 9.17) is 0 Å². The fourth-order valence-electron chi connectivity index (χ4n) is 2.17. The van der Waals surface area contributed by atoms with E-state index in [-0.39, 0.29) is 41.8 Å². The Hall–Kier alpha value is -3.42. The highest BCUT2D eigenvalue weighted by Crippen LogP contribution is 2.20. The molecule has 2 aromatic rings. The maximum Gasteiger partial charge on any atom is 0.269 e. The van der Waals surface area contributed by atoms with E-state index < -0.39 is 4.92 Å². The van der Waals surface area contributed by atoms with Gasteiger partial charge in [0.05, 0.1) is 11.3 Å². The highest BCUT2D eigenvalue weighted by molar-refractivity contribution is 5.88. The van der Waals surface area contributed by atoms with Crippen molar-refractivity contribution in [1.29, 1.82) is 0 Å². The van der Waals surface area contributed by atoms with Gasteiger partial charge in [-0.2, -0.15) is 0 Å². The van der Waals surface area contributed by atoms with Gasteiger partial charge in [-0.3, -0.25) is 19.7 Å². The lowest BCUT2D eigenvalue weighted by atomic mass is 10.1. The van der Waals surface area contributed by atoms with Crippen LogP contribution in [-0.4, -0.2) is 16.7 Å². The molecular formula is C17H16N3O5-. The first-order chi connectivity index (χ1) is 11.8. The van der Waals surface area contributed by atoms with Gasteiger partial charge in [0.25, 0.3) is 5.69 Å². The summed E-state index contributed by atoms with van der Waals surface area (Å²) in [5.41, 5.74) is 1.32. The number of nitro groups is 1. The summed E-state index contributed by atoms with van der Waals surface area (Å²) >= 11 is 0. The molecule has 25 heavy (non-hydrogen) atoms. The van der Waals surface area contributed by atoms with Crippen molar-refractivity contribution in [1.82, 2.24) is 5.32 Å². The maximum absolute atomic E-state index is 12.0. The number of benzene rings is 2. The van der Waals surface area contributed by atoms with E-state index in [0.717, 1.165) is 23.8 Å². The molecule has 0 bridgehead atoms. The van der Waals surface area contributed by atoms with Crippen LogP contribution in [-0.2, 0) is 22.6 Å². The van der Waals surface area contributed by atoms with E-state index in [1.54, 1.807) is 24.3 Å². The van der Waals surface area contributed by atoms with Crippen LogP contribution in [0.3, 0.4) is 0 Å². The van der Waals surface area contributed by atoms with Crippen LogP contribution in [0.15, 0.2) is 42.5 Å². The first-order valence-corrected chi connectivity index (χ1v) is 7.42. The molecule has 0 fully saturated rings. The Morgan fingerprint density at radius 2 is 1.80 bits per heavy atom. The lowest BCUT2D eigenvalue weighted by Crippen LogP contribution is -2.25. The molecule has 0 aliphatic heterocycles. The fraction of sp³-hybridized carbons (Fsp3) is 0.176. The third kappa shape index (κ3) is 5.31. The molecule has 130 valence electrons. The van der Waals surface area contributed by atoms with Crippen LogP contribution < -0.4 is 15.7 Å². The molecule has 2 amide bonds. The predicted octanol–water partition coefficient (Wildman–Crippen LogP) is 1.49. The number of hydrogen-bond donors (Lipinski definition) is 2. The summed E-state index contributed by atoms with van der Waals surface area (Å²) in [4.78, 5) is 33.0. The second kappa shape index (κ2) is 7.91. The summed E-state index contributed by atoms with van der Waals surface area (Å²) in [5.74, 6) is -0.875. The molecule has 0 unspecified atom stereocenters. The van der Waals surface area contributed by atoms with Crippen molar-refractivity contribution < 1.29 is 19.6 Å². The van der Waals surface area contributed by atoms with Gasteiger partial charge in [0.1, 0.15) is 0 Å². The largest absolute Gasteiger partial charge is 0.872 e. The van der Waals surface area contributed by atoms with Crippen LogP contribution in [0.25, 0.3) is 0 Å². The quantitative estimate of drug-likeness (QED) is 0.608. The molecule has 8 heteroatoms. The van der Waals surface area contributed by atoms with Crippen LogP contribution in [0.4, 0.5) is 11.4 Å². The number of carbonyl (C=O) groups is 2. The van der Waals surface area contributed by atoms with Crippen molar-refractivity contribution in [2.75, 3.05) is 5.32 Å². The number of anilines is 1. The molecule has 0 aliphatic rings. The number of nitrogens with zero attached hydrogens (tertiary/aromatic N) is 1. The van der Waals surface area contributed by atoms with Crippen molar-refractivity contribution in [3.8, 4) is 5.75 Å². The summed E-state index contributed by atoms with van der Waals surface area (Å²) in [6.45, 7) is 1.32. The minimum absolute atomic E-state index is 0.0800. The zero-order valence-electron chi connectivity index (χ0n) is 13.4. The maximum atomic E-state index is 12.0. The van der Waals surface area contributed by atoms with Crippen LogP contribution in [0.1, 0.15) is 18.1 Å². The van der Waals surface area contributed by atoms with Gasteiger partial charge in [-0.25, -0.2) is 0 Å². The van der Waals surface area contributed by atoms with E-state index in [1.165, 1.54) is 6.92 Å². The van der Waals surface area contributed by atoms with Gasteiger partial charge in [-0.1, -0.05) is 18.2 Å². The van der Waals surface area contributed by atoms with Gasteiger partial charge >= 0.3 is 0 Å². The molecule has 0 radical (unpaired) electrons. The normalized spacial score (nSPS) is 10.1. The third-order valence-corrected chi connectivity index (χ3v) is 3.37. The lowest BCUT2D eigenvalue weighted by molar-refractivity contribution is -0.385. The van der Waals surface area contributed by atoms with Gasteiger partial charge in [0, 0.05) is 31.3 Å². The Balaban J connectivity index is 1.93. The zero-order valence-corrected chi connectivity index (χ0v) is 13.4. The van der Waals surface area contributed by atoms with Gasteiger partial charge < -0.3 is 15.7 Å². The molecule has 0 saturated carbocycles. The molecule has 2 aromatic carbocycles. The number of hydrogen-bond acceptors (Lipinski definition) is 5. The average Bonchev–Trinajstić information content (AvgIpc) is 2.55. The summed E-state index contributed by atoms with van der Waals surface area (Å²) in [6, 6.07) is 10.2. The van der Waals surface area contributed by atoms with Crippen molar-refractivity contribution in [3.63, 3.8) is 0 Å². The Morgan fingerprint density at radius 3 is 2.40 bits per heavy atom. The van der Waals surface area contributed by atoms with E-state index in [1.807, 2.05) is 0 Å². The Kier molecular flexibility index (Phi) is 5.67. The molecule has 0 aliphatic carbocycles. The van der Waals surface area contributed by atoms with E-state index in [9.17, 15) is 24.8 Å². The number of nitro benzene ring substituents is 1. The Morgan fingerprint density at radius 1 is 1.12 bits per heavy atom. The summed E-state index contributed by atoms with van der Waals surface area (Å²) in [6.07, 6.45) is 0.0868. The number of carbonyl (C=O) groups excluding carboxylic acids is 2. The predicted molar refractivity (Wildman–Crippen MR) is 88.8 cm³/mol. The first kappa shape index (κ1) is 17.9. The molecule has 2 rings (SSSR count). The Labute approximate surface area is 143 Å². The van der Waals surface area contributed by atoms with Crippen LogP contribution in [0.5, 0.6) is 5.75 Å². The van der Waals surface area contributed by atoms with E-state index in [0.29, 0.717) is 5.69 Å². The van der Waals surface area contributed by atoms with E-state index in [2.05, 4.69) is 10.6 Å². The van der Waals surface area contributed by atoms with Crippen molar-refractivity contribution in [2.24, 2.45) is 0 Å². The zero-order chi connectivity index (χ0) is 18.4. The second-order valence-corrected chi connectivity index (χ2v) is 5.38. The molecule has 0 saturated heterocycles. The van der Waals surface area contributed by atoms with Crippen LogP contribution in [0, 0.1) is 10.1 Å². The molecule has 8 nitrogen and oxygen atoms in total. The number of rotatable bonds is 6. The summed E-state index contributed by atoms with van der Waals surface area (Å²) in [7, 11) is 0. The SMILES string of the molecule is CC(=O)Nc1ccc(CC(=O)NCc2cc([N+](=O)[O-])ccc2[O-])cc1. The molecular weight excluding hydrogens is 326 g/mol. The fourth-order valence-corrected chi connectivity index (χ4v) is 2.17. The highest BCUT2D eigenvalue weighted by atomic mass is 16.6. The molecule has 0 atom stereocenters. The minimum Gasteiger partial charge on any atom is -0.872 e. The van der Waals surface area contributed by atoms with Gasteiger partial charge in [-0.15, -0.1) is 5.75 Å². The number of nitrogens with one attached hydrogen (secondary N) is 2. The van der Waals surface area contributed by atoms with Gasteiger partial charge in [0.2, 0.25) is 11.8 Å². The minimum atomic E-state index is -0.596. The Bertz CT molecular complexity index is 802. The van der Waals surface area contributed by atoms with Crippen molar-refractivity contribution >= 4 is 23.2 Å². The standard InChI is InChI=1S/C17H17N3O5/c1-11(21)19-14-4-2-12(3-5-14)8-17(23)18-10-13-9-15(20(24)25)6-7-16(13)22/h2-7,9,22H,8,10H2,1H3,(H,18,23)(H,19,21)/p-1. The number of non-ortho nitro benzene ring substituents is 1. The topological polar surface area (TPSA) is 124 Å². The highest BCUT2D eigenvalue weighted by Gasteiger charge is 2.09. The molecule has 0 heterocycles. The van der Waals surface area contributed by atoms with E-state index >= 15 is 0 Å². The monoisotopic (exact) mass is 342 g/mol. The van der Waals surface area contributed by atoms with Gasteiger partial charge in [-0.05, 0) is 23.3 Å². The summed E-state index contributed by atoms with van der Waals surface area (Å²) < 4.78 is 0. The average molecular weight is 342 g/mol. The van der Waals surface area contributed by atoms with Crippen LogP contribution in [0.2, 0.25) is 0 Å². The first-order valence-electron chi connectivity index (χ1n) is 7.42. The second-order valence-electron chi connectivity index (χ2n) is 5.38. The molecule has 0 spiro atoms. The molecule has 2 N–H and O–H groups in total. The van der Waals surface area contributed by atoms with Crippen LogP contribution >= 0.6 is 0 Å². The molecule has 0 aromatic heterocycles. The van der Waals surface area contributed by atoms with Crippen molar-refractivity contribution in [2.45, 2.75) is 19.9 Å². The number of amides is 2. The van der Waals surface area contributed by atoms with Crippen molar-refractivity contribution in [3.05, 3.63) is 63.7 Å². The summed E-state index contributed by atoms with van der Waals surface area (Å²) in [5, 5.41) is 27.6. The lowest BCUT2D eigenvalue weighted by Gasteiger charge is -2.13. The third-order valence-electron chi connectivity index (χ3n) is 3.37.